The number of ether oxygens (including phenoxy) is 1. The van der Waals surface area contributed by atoms with E-state index in [1.807, 2.05) is 11.3 Å². The molecule has 6 nitrogen and oxygen atoms in total. The summed E-state index contributed by atoms with van der Waals surface area (Å²) < 4.78 is 5.46. The van der Waals surface area contributed by atoms with Crippen LogP contribution in [-0.2, 0) is 17.8 Å². The lowest BCUT2D eigenvalue weighted by molar-refractivity contribution is 0.0342. The summed E-state index contributed by atoms with van der Waals surface area (Å²) in [4.78, 5) is 12.3. The summed E-state index contributed by atoms with van der Waals surface area (Å²) in [5.41, 5.74) is 2.63. The van der Waals surface area contributed by atoms with E-state index in [1.165, 1.54) is 16.1 Å². The standard InChI is InChI=1S/C23H33N5OS/c1-2-24-23(28-10-8-27(9-11-28)22-7-4-16-30-22)25-18-20-5-3-6-21(17-20)19-26-12-14-29-15-13-26/h3-7,16-17H,2,8-15,18-19H2,1H3,(H,24,25). The molecule has 0 saturated carbocycles. The molecule has 2 fully saturated rings. The molecule has 0 radical (unpaired) electrons. The normalized spacial score (nSPS) is 18.6. The van der Waals surface area contributed by atoms with Gasteiger partial charge in [0.15, 0.2) is 5.96 Å². The molecule has 30 heavy (non-hydrogen) atoms. The Labute approximate surface area is 184 Å². The minimum atomic E-state index is 0.713. The van der Waals surface area contributed by atoms with E-state index < -0.39 is 0 Å². The van der Waals surface area contributed by atoms with Crippen LogP contribution in [0.25, 0.3) is 0 Å². The number of hydrogen-bond acceptors (Lipinski definition) is 5. The van der Waals surface area contributed by atoms with Crippen molar-refractivity contribution in [1.29, 1.82) is 0 Å². The fourth-order valence-electron chi connectivity index (χ4n) is 4.02. The molecule has 1 aromatic heterocycles. The van der Waals surface area contributed by atoms with Crippen LogP contribution in [0.3, 0.4) is 0 Å². The number of morpholine rings is 1. The van der Waals surface area contributed by atoms with Crippen LogP contribution >= 0.6 is 11.3 Å². The number of nitrogens with zero attached hydrogens (tertiary/aromatic N) is 4. The van der Waals surface area contributed by atoms with Crippen molar-refractivity contribution < 1.29 is 4.74 Å². The second kappa shape index (κ2) is 10.8. The average molecular weight is 428 g/mol. The van der Waals surface area contributed by atoms with Crippen molar-refractivity contribution >= 4 is 22.3 Å². The highest BCUT2D eigenvalue weighted by Gasteiger charge is 2.20. The summed E-state index contributed by atoms with van der Waals surface area (Å²) in [7, 11) is 0. The molecule has 0 unspecified atom stereocenters. The largest absolute Gasteiger partial charge is 0.379 e. The molecule has 1 N–H and O–H groups in total. The van der Waals surface area contributed by atoms with Crippen molar-refractivity contribution in [2.45, 2.75) is 20.0 Å². The zero-order valence-corrected chi connectivity index (χ0v) is 18.7. The predicted molar refractivity (Wildman–Crippen MR) is 125 cm³/mol. The molecule has 7 heteroatoms. The number of nitrogens with one attached hydrogen (secondary N) is 1. The zero-order chi connectivity index (χ0) is 20.6. The molecule has 1 aromatic carbocycles. The Hall–Kier alpha value is -2.09. The van der Waals surface area contributed by atoms with Crippen molar-refractivity contribution in [1.82, 2.24) is 15.1 Å². The molecule has 2 aliphatic rings. The smallest absolute Gasteiger partial charge is 0.194 e. The number of anilines is 1. The van der Waals surface area contributed by atoms with Gasteiger partial charge in [0.25, 0.3) is 0 Å². The van der Waals surface area contributed by atoms with E-state index in [2.05, 4.69) is 68.7 Å². The summed E-state index contributed by atoms with van der Waals surface area (Å²) in [6.07, 6.45) is 0. The third-order valence-electron chi connectivity index (χ3n) is 5.64. The third-order valence-corrected chi connectivity index (χ3v) is 6.57. The number of thiophene rings is 1. The number of guanidine groups is 1. The number of piperazine rings is 1. The maximum Gasteiger partial charge on any atom is 0.194 e. The summed E-state index contributed by atoms with van der Waals surface area (Å²) in [5.74, 6) is 1.03. The Morgan fingerprint density at radius 1 is 1.03 bits per heavy atom. The predicted octanol–water partition coefficient (Wildman–Crippen LogP) is 2.87. The van der Waals surface area contributed by atoms with Crippen LogP contribution in [0, 0.1) is 0 Å². The van der Waals surface area contributed by atoms with Gasteiger partial charge < -0.3 is 19.9 Å². The molecule has 0 atom stereocenters. The first-order chi connectivity index (χ1) is 14.8. The summed E-state index contributed by atoms with van der Waals surface area (Å²) in [6.45, 7) is 12.5. The van der Waals surface area contributed by atoms with Crippen LogP contribution in [-0.4, -0.2) is 74.8 Å². The molecule has 0 spiro atoms. The Morgan fingerprint density at radius 2 is 1.83 bits per heavy atom. The van der Waals surface area contributed by atoms with Gasteiger partial charge in [0.2, 0.25) is 0 Å². The zero-order valence-electron chi connectivity index (χ0n) is 17.9. The van der Waals surface area contributed by atoms with Gasteiger partial charge in [-0.1, -0.05) is 24.3 Å². The third kappa shape index (κ3) is 5.74. The van der Waals surface area contributed by atoms with E-state index in [9.17, 15) is 0 Å². The first-order valence-electron chi connectivity index (χ1n) is 11.0. The van der Waals surface area contributed by atoms with E-state index in [1.54, 1.807) is 0 Å². The maximum absolute atomic E-state index is 5.46. The van der Waals surface area contributed by atoms with Gasteiger partial charge in [0.05, 0.1) is 24.8 Å². The second-order valence-electron chi connectivity index (χ2n) is 7.80. The Balaban J connectivity index is 1.35. The Kier molecular flexibility index (Phi) is 7.61. The van der Waals surface area contributed by atoms with Crippen molar-refractivity contribution in [2.75, 3.05) is 63.9 Å². The lowest BCUT2D eigenvalue weighted by Gasteiger charge is -2.37. The fraction of sp³-hybridized carbons (Fsp3) is 0.522. The molecule has 0 amide bonds. The van der Waals surface area contributed by atoms with E-state index in [4.69, 9.17) is 9.73 Å². The summed E-state index contributed by atoms with van der Waals surface area (Å²) in [6, 6.07) is 13.2. The van der Waals surface area contributed by atoms with Crippen molar-refractivity contribution in [3.63, 3.8) is 0 Å². The Morgan fingerprint density at radius 3 is 2.57 bits per heavy atom. The van der Waals surface area contributed by atoms with Crippen LogP contribution in [0.4, 0.5) is 5.00 Å². The van der Waals surface area contributed by atoms with Crippen LogP contribution in [0.15, 0.2) is 46.8 Å². The molecule has 2 aromatic rings. The first-order valence-corrected chi connectivity index (χ1v) is 11.9. The topological polar surface area (TPSA) is 43.3 Å². The maximum atomic E-state index is 5.46. The average Bonchev–Trinajstić information content (AvgIpc) is 3.33. The molecular weight excluding hydrogens is 394 g/mol. The lowest BCUT2D eigenvalue weighted by atomic mass is 10.1. The van der Waals surface area contributed by atoms with Crippen molar-refractivity contribution in [3.8, 4) is 0 Å². The van der Waals surface area contributed by atoms with E-state index >= 15 is 0 Å². The highest BCUT2D eigenvalue weighted by molar-refractivity contribution is 7.14. The van der Waals surface area contributed by atoms with E-state index in [0.29, 0.717) is 6.54 Å². The van der Waals surface area contributed by atoms with Crippen LogP contribution in [0.1, 0.15) is 18.1 Å². The highest BCUT2D eigenvalue weighted by atomic mass is 32.1. The Bertz CT molecular complexity index is 796. The highest BCUT2D eigenvalue weighted by Crippen LogP contribution is 2.22. The quantitative estimate of drug-likeness (QED) is 0.567. The first kappa shape index (κ1) is 21.2. The molecule has 0 aliphatic carbocycles. The van der Waals surface area contributed by atoms with Gasteiger partial charge in [-0.2, -0.15) is 0 Å². The fourth-order valence-corrected chi connectivity index (χ4v) is 4.81. The molecule has 0 bridgehead atoms. The van der Waals surface area contributed by atoms with Gasteiger partial charge in [-0.3, -0.25) is 4.90 Å². The minimum absolute atomic E-state index is 0.713. The SMILES string of the molecule is CCNC(=NCc1cccc(CN2CCOCC2)c1)N1CCN(c2cccs2)CC1. The monoisotopic (exact) mass is 427 g/mol. The number of hydrogen-bond donors (Lipinski definition) is 1. The lowest BCUT2D eigenvalue weighted by Crippen LogP contribution is -2.52. The summed E-state index contributed by atoms with van der Waals surface area (Å²) >= 11 is 1.82. The molecule has 3 heterocycles. The summed E-state index contributed by atoms with van der Waals surface area (Å²) in [5, 5.41) is 7.01. The second-order valence-corrected chi connectivity index (χ2v) is 8.73. The minimum Gasteiger partial charge on any atom is -0.379 e. The van der Waals surface area contributed by atoms with Gasteiger partial charge >= 0.3 is 0 Å². The molecule has 2 saturated heterocycles. The van der Waals surface area contributed by atoms with Crippen molar-refractivity contribution in [3.05, 3.63) is 52.9 Å². The van der Waals surface area contributed by atoms with Gasteiger partial charge in [0, 0.05) is 52.4 Å². The molecule has 162 valence electrons. The number of benzene rings is 1. The van der Waals surface area contributed by atoms with Crippen LogP contribution in [0.2, 0.25) is 0 Å². The van der Waals surface area contributed by atoms with Crippen molar-refractivity contribution in [2.24, 2.45) is 4.99 Å². The van der Waals surface area contributed by atoms with Gasteiger partial charge in [-0.25, -0.2) is 4.99 Å². The van der Waals surface area contributed by atoms with Gasteiger partial charge in [0.1, 0.15) is 0 Å². The molecule has 2 aliphatic heterocycles. The van der Waals surface area contributed by atoms with Crippen LogP contribution in [0.5, 0.6) is 0 Å². The number of aliphatic imine (C=N–C) groups is 1. The molecular formula is C23H33N5OS. The van der Waals surface area contributed by atoms with Gasteiger partial charge in [-0.15, -0.1) is 11.3 Å². The number of rotatable bonds is 6. The van der Waals surface area contributed by atoms with E-state index in [0.717, 1.165) is 71.5 Å². The van der Waals surface area contributed by atoms with E-state index in [-0.39, 0.29) is 0 Å². The van der Waals surface area contributed by atoms with Gasteiger partial charge in [-0.05, 0) is 35.6 Å². The molecule has 4 rings (SSSR count). The van der Waals surface area contributed by atoms with Crippen LogP contribution < -0.4 is 10.2 Å².